The third-order valence-corrected chi connectivity index (χ3v) is 6.21. The van der Waals surface area contributed by atoms with Crippen LogP contribution in [-0.2, 0) is 6.54 Å². The average Bonchev–Trinajstić information content (AvgIpc) is 3.42. The molecule has 3 aromatic rings. The molecule has 1 aromatic heterocycles. The first-order chi connectivity index (χ1) is 15.3. The highest BCUT2D eigenvalue weighted by atomic mass is 19.1. The van der Waals surface area contributed by atoms with Crippen LogP contribution in [0.1, 0.15) is 59.7 Å². The van der Waals surface area contributed by atoms with Gasteiger partial charge < -0.3 is 16.8 Å². The Labute approximate surface area is 188 Å². The average molecular weight is 432 g/mol. The van der Waals surface area contributed by atoms with Gasteiger partial charge in [-0.25, -0.2) is 9.07 Å². The summed E-state index contributed by atoms with van der Waals surface area (Å²) >= 11 is 0. The summed E-state index contributed by atoms with van der Waals surface area (Å²) in [6, 6.07) is 12.7. The van der Waals surface area contributed by atoms with Crippen LogP contribution in [0, 0.1) is 12.7 Å². The number of hydrogen-bond donors (Lipinski definition) is 3. The Kier molecular flexibility index (Phi) is 6.04. The molecule has 1 saturated carbocycles. The molecule has 6 heteroatoms. The fraction of sp³-hybridized carbons (Fsp3) is 0.269. The van der Waals surface area contributed by atoms with Gasteiger partial charge in [-0.05, 0) is 55.2 Å². The fourth-order valence-electron chi connectivity index (χ4n) is 4.42. The lowest BCUT2D eigenvalue weighted by Crippen LogP contribution is -2.12. The Morgan fingerprint density at radius 1 is 1.16 bits per heavy atom. The molecule has 5 nitrogen and oxygen atoms in total. The standard InChI is InChI=1S/C26H30FN5/c1-16-8-11-21(27)14-23(16)18(3)30-15-19-9-12-22(13-10-19)32-26(17(2)28)24(29)25(31-32)20-6-4-5-7-20/h8-14,20,30H,2-7,15,28-29H2,1H3. The minimum atomic E-state index is -0.273. The summed E-state index contributed by atoms with van der Waals surface area (Å²) in [5.41, 5.74) is 19.5. The molecule has 2 aromatic carbocycles. The lowest BCUT2D eigenvalue weighted by atomic mass is 10.0. The third-order valence-electron chi connectivity index (χ3n) is 6.21. The summed E-state index contributed by atoms with van der Waals surface area (Å²) in [5, 5.41) is 8.12. The van der Waals surface area contributed by atoms with Crippen molar-refractivity contribution in [1.29, 1.82) is 0 Å². The van der Waals surface area contributed by atoms with Crippen LogP contribution in [0.5, 0.6) is 0 Å². The van der Waals surface area contributed by atoms with Gasteiger partial charge in [0.25, 0.3) is 0 Å². The molecule has 0 atom stereocenters. The van der Waals surface area contributed by atoms with Gasteiger partial charge in [-0.3, -0.25) is 0 Å². The van der Waals surface area contributed by atoms with E-state index in [9.17, 15) is 4.39 Å². The molecule has 0 aliphatic heterocycles. The maximum absolute atomic E-state index is 13.6. The summed E-state index contributed by atoms with van der Waals surface area (Å²) in [6.07, 6.45) is 4.63. The molecule has 0 amide bonds. The van der Waals surface area contributed by atoms with E-state index in [2.05, 4.69) is 18.5 Å². The maximum atomic E-state index is 13.6. The Bertz CT molecular complexity index is 1150. The summed E-state index contributed by atoms with van der Waals surface area (Å²) < 4.78 is 15.4. The van der Waals surface area contributed by atoms with Crippen molar-refractivity contribution in [1.82, 2.24) is 15.1 Å². The highest BCUT2D eigenvalue weighted by molar-refractivity contribution is 5.73. The second kappa shape index (κ2) is 8.91. The number of anilines is 1. The van der Waals surface area contributed by atoms with Gasteiger partial charge in [0.05, 0.1) is 22.8 Å². The second-order valence-electron chi connectivity index (χ2n) is 8.52. The van der Waals surface area contributed by atoms with Crippen LogP contribution in [0.4, 0.5) is 10.1 Å². The van der Waals surface area contributed by atoms with Crippen molar-refractivity contribution >= 4 is 17.1 Å². The molecule has 0 bridgehead atoms. The van der Waals surface area contributed by atoms with Crippen molar-refractivity contribution < 1.29 is 4.39 Å². The zero-order valence-electron chi connectivity index (χ0n) is 18.5. The SMILES string of the molecule is C=C(NCc1ccc(-n2nc(C3CCCC3)c(N)c2C(=C)N)cc1)c1cc(F)ccc1C. The van der Waals surface area contributed by atoms with E-state index in [4.69, 9.17) is 16.6 Å². The summed E-state index contributed by atoms with van der Waals surface area (Å²) in [6.45, 7) is 10.5. The van der Waals surface area contributed by atoms with E-state index in [0.717, 1.165) is 40.9 Å². The van der Waals surface area contributed by atoms with Crippen LogP contribution in [0.15, 0.2) is 55.6 Å². The van der Waals surface area contributed by atoms with E-state index in [-0.39, 0.29) is 5.82 Å². The molecule has 1 fully saturated rings. The number of halogens is 1. The highest BCUT2D eigenvalue weighted by Crippen LogP contribution is 2.38. The minimum absolute atomic E-state index is 0.273. The molecule has 5 N–H and O–H groups in total. The topological polar surface area (TPSA) is 81.9 Å². The first-order valence-corrected chi connectivity index (χ1v) is 11.0. The molecular formula is C26H30FN5. The Hall–Kier alpha value is -3.54. The number of nitrogens with one attached hydrogen (secondary N) is 1. The van der Waals surface area contributed by atoms with Crippen molar-refractivity contribution in [3.63, 3.8) is 0 Å². The van der Waals surface area contributed by atoms with Gasteiger partial charge in [-0.1, -0.05) is 44.2 Å². The molecule has 0 saturated heterocycles. The summed E-state index contributed by atoms with van der Waals surface area (Å²) in [4.78, 5) is 0. The van der Waals surface area contributed by atoms with Gasteiger partial charge in [0.2, 0.25) is 0 Å². The lowest BCUT2D eigenvalue weighted by Gasteiger charge is -2.13. The Morgan fingerprint density at radius 2 is 1.84 bits per heavy atom. The predicted octanol–water partition coefficient (Wildman–Crippen LogP) is 5.25. The van der Waals surface area contributed by atoms with Crippen LogP contribution in [-0.4, -0.2) is 9.78 Å². The first kappa shape index (κ1) is 21.7. The van der Waals surface area contributed by atoms with Crippen molar-refractivity contribution in [3.8, 4) is 5.69 Å². The monoisotopic (exact) mass is 431 g/mol. The minimum Gasteiger partial charge on any atom is -0.397 e. The van der Waals surface area contributed by atoms with Gasteiger partial charge in [0.1, 0.15) is 11.5 Å². The lowest BCUT2D eigenvalue weighted by molar-refractivity contribution is 0.626. The van der Waals surface area contributed by atoms with Crippen molar-refractivity contribution in [2.45, 2.75) is 45.1 Å². The number of nitrogens with zero attached hydrogens (tertiary/aromatic N) is 2. The number of hydrogen-bond acceptors (Lipinski definition) is 4. The van der Waals surface area contributed by atoms with Crippen LogP contribution in [0.25, 0.3) is 17.1 Å². The van der Waals surface area contributed by atoms with Crippen molar-refractivity contribution in [3.05, 3.63) is 89.5 Å². The number of nitrogens with two attached hydrogens (primary N) is 2. The number of aryl methyl sites for hydroxylation is 1. The predicted molar refractivity (Wildman–Crippen MR) is 129 cm³/mol. The van der Waals surface area contributed by atoms with E-state index < -0.39 is 0 Å². The van der Waals surface area contributed by atoms with Crippen molar-refractivity contribution in [2.75, 3.05) is 5.73 Å². The van der Waals surface area contributed by atoms with E-state index in [1.165, 1.54) is 25.0 Å². The summed E-state index contributed by atoms with van der Waals surface area (Å²) in [7, 11) is 0. The van der Waals surface area contributed by atoms with Gasteiger partial charge >= 0.3 is 0 Å². The number of rotatable bonds is 7. The quantitative estimate of drug-likeness (QED) is 0.477. The summed E-state index contributed by atoms with van der Waals surface area (Å²) in [5.74, 6) is 0.112. The second-order valence-corrected chi connectivity index (χ2v) is 8.52. The molecule has 4 rings (SSSR count). The molecule has 1 aliphatic carbocycles. The molecule has 1 aliphatic rings. The van der Waals surface area contributed by atoms with Gasteiger partial charge in [-0.15, -0.1) is 0 Å². The third kappa shape index (κ3) is 4.26. The van der Waals surface area contributed by atoms with E-state index in [1.54, 1.807) is 10.7 Å². The van der Waals surface area contributed by atoms with Gasteiger partial charge in [-0.2, -0.15) is 5.10 Å². The Morgan fingerprint density at radius 3 is 2.50 bits per heavy atom. The molecule has 1 heterocycles. The zero-order valence-corrected chi connectivity index (χ0v) is 18.5. The van der Waals surface area contributed by atoms with Crippen LogP contribution >= 0.6 is 0 Å². The molecule has 0 spiro atoms. The smallest absolute Gasteiger partial charge is 0.123 e. The molecule has 0 radical (unpaired) electrons. The molecular weight excluding hydrogens is 401 g/mol. The number of nitrogen functional groups attached to an aromatic ring is 1. The van der Waals surface area contributed by atoms with Gasteiger partial charge in [0.15, 0.2) is 0 Å². The molecule has 166 valence electrons. The van der Waals surface area contributed by atoms with Gasteiger partial charge in [0, 0.05) is 23.7 Å². The highest BCUT2D eigenvalue weighted by Gasteiger charge is 2.26. The van der Waals surface area contributed by atoms with E-state index in [0.29, 0.717) is 35.2 Å². The Balaban J connectivity index is 1.52. The van der Waals surface area contributed by atoms with Crippen LogP contribution < -0.4 is 16.8 Å². The maximum Gasteiger partial charge on any atom is 0.123 e. The molecule has 32 heavy (non-hydrogen) atoms. The first-order valence-electron chi connectivity index (χ1n) is 11.0. The van der Waals surface area contributed by atoms with Crippen LogP contribution in [0.3, 0.4) is 0 Å². The zero-order chi connectivity index (χ0) is 22.8. The normalized spacial score (nSPS) is 13.9. The van der Waals surface area contributed by atoms with E-state index in [1.807, 2.05) is 31.2 Å². The fourth-order valence-corrected chi connectivity index (χ4v) is 4.42. The number of benzene rings is 2. The molecule has 0 unspecified atom stereocenters. The van der Waals surface area contributed by atoms with Crippen LogP contribution in [0.2, 0.25) is 0 Å². The van der Waals surface area contributed by atoms with E-state index >= 15 is 0 Å². The number of aromatic nitrogens is 2. The van der Waals surface area contributed by atoms with Crippen molar-refractivity contribution in [2.24, 2.45) is 5.73 Å². The largest absolute Gasteiger partial charge is 0.397 e.